The van der Waals surface area contributed by atoms with Gasteiger partial charge in [0.25, 0.3) is 5.91 Å². The number of benzene rings is 1. The van der Waals surface area contributed by atoms with Crippen LogP contribution in [-0.2, 0) is 11.2 Å². The molecule has 0 bridgehead atoms. The molecule has 0 spiro atoms. The van der Waals surface area contributed by atoms with Crippen molar-refractivity contribution in [1.29, 1.82) is 0 Å². The lowest BCUT2D eigenvalue weighted by Gasteiger charge is -2.19. The van der Waals surface area contributed by atoms with Crippen LogP contribution in [0.1, 0.15) is 47.6 Å². The second-order valence-electron chi connectivity index (χ2n) is 7.92. The van der Waals surface area contributed by atoms with Crippen LogP contribution in [-0.4, -0.2) is 38.6 Å². The van der Waals surface area contributed by atoms with E-state index in [0.717, 1.165) is 18.4 Å². The van der Waals surface area contributed by atoms with Crippen molar-refractivity contribution in [2.24, 2.45) is 0 Å². The maximum Gasteiger partial charge on any atom is 0.259 e. The zero-order valence-corrected chi connectivity index (χ0v) is 17.0. The van der Waals surface area contributed by atoms with Crippen LogP contribution < -0.4 is 10.2 Å². The number of aryl methyl sites for hydroxylation is 1. The van der Waals surface area contributed by atoms with Gasteiger partial charge >= 0.3 is 0 Å². The van der Waals surface area contributed by atoms with Crippen LogP contribution in [0.15, 0.2) is 36.7 Å². The third-order valence-corrected chi connectivity index (χ3v) is 5.72. The number of aromatic nitrogens is 4. The molecule has 5 rings (SSSR count). The Labute approximate surface area is 178 Å². The molecule has 1 aliphatic carbocycles. The summed E-state index contributed by atoms with van der Waals surface area (Å²) < 4.78 is 16.7. The van der Waals surface area contributed by atoms with Gasteiger partial charge in [0.05, 0.1) is 5.56 Å². The fraction of sp³-hybridized carbons (Fsp3) is 0.318. The molecule has 9 heteroatoms. The topological polar surface area (TPSA) is 93.0 Å². The van der Waals surface area contributed by atoms with Gasteiger partial charge in [-0.25, -0.2) is 9.37 Å². The van der Waals surface area contributed by atoms with Crippen molar-refractivity contribution in [3.05, 3.63) is 53.6 Å². The minimum absolute atomic E-state index is 0.0501. The Balaban J connectivity index is 1.42. The summed E-state index contributed by atoms with van der Waals surface area (Å²) in [4.78, 5) is 31.0. The number of halogens is 1. The van der Waals surface area contributed by atoms with Crippen molar-refractivity contribution < 1.29 is 14.0 Å². The molecule has 1 fully saturated rings. The second-order valence-corrected chi connectivity index (χ2v) is 7.92. The number of carbonyl (C=O) groups is 2. The number of rotatable bonds is 4. The third-order valence-electron chi connectivity index (χ3n) is 5.72. The number of nitrogens with zero attached hydrogens (tertiary/aromatic N) is 5. The Morgan fingerprint density at radius 3 is 2.87 bits per heavy atom. The van der Waals surface area contributed by atoms with Gasteiger partial charge in [0.15, 0.2) is 5.82 Å². The summed E-state index contributed by atoms with van der Waals surface area (Å²) in [5.41, 5.74) is 1.74. The molecular weight excluding hydrogens is 399 g/mol. The van der Waals surface area contributed by atoms with Crippen molar-refractivity contribution >= 4 is 23.3 Å². The minimum Gasteiger partial charge on any atom is -0.315 e. The average molecular weight is 420 g/mol. The van der Waals surface area contributed by atoms with Gasteiger partial charge in [-0.05, 0) is 55.5 Å². The highest BCUT2D eigenvalue weighted by Gasteiger charge is 2.27. The maximum absolute atomic E-state index is 14.7. The van der Waals surface area contributed by atoms with Crippen molar-refractivity contribution in [2.45, 2.75) is 38.1 Å². The molecule has 0 saturated heterocycles. The number of pyridine rings is 1. The predicted molar refractivity (Wildman–Crippen MR) is 112 cm³/mol. The first-order chi connectivity index (χ1) is 15.0. The molecule has 3 heterocycles. The first kappa shape index (κ1) is 19.3. The Morgan fingerprint density at radius 2 is 2.06 bits per heavy atom. The van der Waals surface area contributed by atoms with Crippen LogP contribution in [0, 0.1) is 5.82 Å². The van der Waals surface area contributed by atoms with Crippen LogP contribution in [0.4, 0.5) is 15.9 Å². The van der Waals surface area contributed by atoms with E-state index in [2.05, 4.69) is 20.5 Å². The molecule has 1 N–H and O–H groups in total. The molecule has 2 amide bonds. The molecule has 1 aliphatic heterocycles. The minimum atomic E-state index is -0.626. The smallest absolute Gasteiger partial charge is 0.259 e. The first-order valence-corrected chi connectivity index (χ1v) is 10.3. The summed E-state index contributed by atoms with van der Waals surface area (Å²) in [5, 5.41) is 10.8. The van der Waals surface area contributed by atoms with E-state index >= 15 is 0 Å². The van der Waals surface area contributed by atoms with E-state index in [1.807, 2.05) is 4.57 Å². The highest BCUT2D eigenvalue weighted by Crippen LogP contribution is 2.37. The average Bonchev–Trinajstić information content (AvgIpc) is 3.51. The fourth-order valence-corrected chi connectivity index (χ4v) is 3.88. The van der Waals surface area contributed by atoms with Crippen LogP contribution in [0.5, 0.6) is 0 Å². The summed E-state index contributed by atoms with van der Waals surface area (Å²) >= 11 is 0. The van der Waals surface area contributed by atoms with Gasteiger partial charge in [0.2, 0.25) is 5.91 Å². The number of anilines is 2. The number of fused-ring (bicyclic) bond motifs is 1. The molecule has 0 radical (unpaired) electrons. The van der Waals surface area contributed by atoms with Gasteiger partial charge in [-0.1, -0.05) is 6.07 Å². The summed E-state index contributed by atoms with van der Waals surface area (Å²) in [5.74, 6) is -0.380. The van der Waals surface area contributed by atoms with Gasteiger partial charge in [-0.2, -0.15) is 0 Å². The van der Waals surface area contributed by atoms with Gasteiger partial charge < -0.3 is 14.8 Å². The van der Waals surface area contributed by atoms with E-state index in [1.54, 1.807) is 31.6 Å². The first-order valence-electron chi connectivity index (χ1n) is 10.3. The zero-order valence-electron chi connectivity index (χ0n) is 17.0. The molecule has 0 unspecified atom stereocenters. The summed E-state index contributed by atoms with van der Waals surface area (Å²) in [6, 6.07) is 8.36. The second kappa shape index (κ2) is 7.57. The van der Waals surface area contributed by atoms with Crippen molar-refractivity contribution in [2.75, 3.05) is 17.3 Å². The summed E-state index contributed by atoms with van der Waals surface area (Å²) in [6.07, 6.45) is 5.49. The number of carbonyl (C=O) groups excluding carboxylic acids is 2. The van der Waals surface area contributed by atoms with Gasteiger partial charge in [0.1, 0.15) is 23.7 Å². The monoisotopic (exact) mass is 420 g/mol. The van der Waals surface area contributed by atoms with E-state index in [1.165, 1.54) is 17.0 Å². The van der Waals surface area contributed by atoms with E-state index < -0.39 is 11.7 Å². The lowest BCUT2D eigenvalue weighted by atomic mass is 10.0. The van der Waals surface area contributed by atoms with Crippen LogP contribution >= 0.6 is 0 Å². The van der Waals surface area contributed by atoms with Crippen molar-refractivity contribution in [3.63, 3.8) is 0 Å². The van der Waals surface area contributed by atoms with Crippen LogP contribution in [0.2, 0.25) is 0 Å². The molecule has 1 aromatic carbocycles. The standard InChI is InChI=1S/C22H21FN6O2/c1-28-18-11-15(16(23)10-13(18)4-2-7-20(28)30)22(31)26-19-6-3-5-17(25-19)21-27-24-12-29(21)14-8-9-14/h3,5-6,10-12,14H,2,4,7-9H2,1H3,(H,25,26,31). The number of hydrogen-bond acceptors (Lipinski definition) is 5. The van der Waals surface area contributed by atoms with Crippen LogP contribution in [0.3, 0.4) is 0 Å². The lowest BCUT2D eigenvalue weighted by molar-refractivity contribution is -0.118. The van der Waals surface area contributed by atoms with Crippen molar-refractivity contribution in [3.8, 4) is 11.5 Å². The largest absolute Gasteiger partial charge is 0.315 e. The third kappa shape index (κ3) is 3.67. The molecule has 8 nitrogen and oxygen atoms in total. The number of amides is 2. The highest BCUT2D eigenvalue weighted by molar-refractivity contribution is 6.05. The lowest BCUT2D eigenvalue weighted by Crippen LogP contribution is -2.26. The van der Waals surface area contributed by atoms with E-state index in [0.29, 0.717) is 42.5 Å². The molecule has 158 valence electrons. The van der Waals surface area contributed by atoms with E-state index in [4.69, 9.17) is 0 Å². The fourth-order valence-electron chi connectivity index (χ4n) is 3.88. The molecule has 0 atom stereocenters. The molecule has 2 aromatic heterocycles. The maximum atomic E-state index is 14.7. The number of nitrogens with one attached hydrogen (secondary N) is 1. The van der Waals surface area contributed by atoms with Gasteiger partial charge in [0, 0.05) is 25.2 Å². The quantitative estimate of drug-likeness (QED) is 0.699. The Hall–Kier alpha value is -3.62. The van der Waals surface area contributed by atoms with Gasteiger partial charge in [-0.15, -0.1) is 10.2 Å². The molecule has 2 aliphatic rings. The zero-order chi connectivity index (χ0) is 21.5. The van der Waals surface area contributed by atoms with Crippen LogP contribution in [0.25, 0.3) is 11.5 Å². The molecule has 3 aromatic rings. The van der Waals surface area contributed by atoms with E-state index in [-0.39, 0.29) is 17.3 Å². The molecule has 31 heavy (non-hydrogen) atoms. The molecule has 1 saturated carbocycles. The highest BCUT2D eigenvalue weighted by atomic mass is 19.1. The summed E-state index contributed by atoms with van der Waals surface area (Å²) in [6.45, 7) is 0. The van der Waals surface area contributed by atoms with Gasteiger partial charge in [-0.3, -0.25) is 9.59 Å². The predicted octanol–water partition coefficient (Wildman–Crippen LogP) is 3.37. The van der Waals surface area contributed by atoms with E-state index in [9.17, 15) is 14.0 Å². The Kier molecular flexibility index (Phi) is 4.72. The van der Waals surface area contributed by atoms with Crippen molar-refractivity contribution in [1.82, 2.24) is 19.7 Å². The Bertz CT molecular complexity index is 1190. The summed E-state index contributed by atoms with van der Waals surface area (Å²) in [7, 11) is 1.65. The normalized spacial score (nSPS) is 16.1. The molecular formula is C22H21FN6O2. The number of hydrogen-bond donors (Lipinski definition) is 1. The SMILES string of the molecule is CN1C(=O)CCCc2cc(F)c(C(=O)Nc3cccc(-c4nncn4C4CC4)n3)cc21. The Morgan fingerprint density at radius 1 is 1.23 bits per heavy atom.